The van der Waals surface area contributed by atoms with Gasteiger partial charge in [0.1, 0.15) is 11.4 Å². The summed E-state index contributed by atoms with van der Waals surface area (Å²) in [7, 11) is 3.60. The fourth-order valence-electron chi connectivity index (χ4n) is 4.94. The van der Waals surface area contributed by atoms with Crippen LogP contribution < -0.4 is 4.74 Å². The van der Waals surface area contributed by atoms with E-state index in [1.165, 1.54) is 5.56 Å². The Hall–Kier alpha value is -3.37. The Kier molecular flexibility index (Phi) is 7.81. The van der Waals surface area contributed by atoms with Crippen LogP contribution in [0.5, 0.6) is 5.75 Å². The topological polar surface area (TPSA) is 80.5 Å². The number of carbonyl (C=O) groups is 1. The molecule has 3 aromatic rings. The van der Waals surface area contributed by atoms with Gasteiger partial charge in [0.05, 0.1) is 31.7 Å². The number of aromatic nitrogens is 3. The molecule has 0 unspecified atom stereocenters. The highest BCUT2D eigenvalue weighted by Crippen LogP contribution is 2.31. The summed E-state index contributed by atoms with van der Waals surface area (Å²) in [5.41, 5.74) is 3.13. The molecule has 3 heterocycles. The number of likely N-dealkylation sites (tertiary alicyclic amines) is 1. The van der Waals surface area contributed by atoms with Crippen LogP contribution in [0.1, 0.15) is 36.9 Å². The molecule has 1 N–H and O–H groups in total. The van der Waals surface area contributed by atoms with E-state index in [1.807, 2.05) is 29.9 Å². The number of pyridine rings is 1. The van der Waals surface area contributed by atoms with Gasteiger partial charge in [0.15, 0.2) is 0 Å². The number of hydrogen-bond acceptors (Lipinski definition) is 5. The van der Waals surface area contributed by atoms with Gasteiger partial charge in [-0.05, 0) is 79.8 Å². The minimum atomic E-state index is -0.718. The summed E-state index contributed by atoms with van der Waals surface area (Å²) in [5.74, 6) is 7.08. The molecule has 7 nitrogen and oxygen atoms in total. The van der Waals surface area contributed by atoms with Gasteiger partial charge >= 0.3 is 5.97 Å². The number of piperidine rings is 1. The highest BCUT2D eigenvalue weighted by Gasteiger charge is 2.30. The molecule has 2 aromatic heterocycles. The molecule has 34 heavy (non-hydrogen) atoms. The molecule has 0 amide bonds. The predicted molar refractivity (Wildman–Crippen MR) is 132 cm³/mol. The van der Waals surface area contributed by atoms with Gasteiger partial charge in [-0.25, -0.2) is 4.98 Å². The summed E-state index contributed by atoms with van der Waals surface area (Å²) in [6.45, 7) is 2.39. The zero-order chi connectivity index (χ0) is 23.9. The molecule has 0 spiro atoms. The quantitative estimate of drug-likeness (QED) is 0.516. The lowest BCUT2D eigenvalue weighted by Crippen LogP contribution is -2.41. The molecule has 2 atom stereocenters. The predicted octanol–water partition coefficient (Wildman–Crippen LogP) is 3.76. The van der Waals surface area contributed by atoms with Crippen molar-refractivity contribution in [3.63, 3.8) is 0 Å². The summed E-state index contributed by atoms with van der Waals surface area (Å²) in [6.07, 6.45) is 9.59. The van der Waals surface area contributed by atoms with E-state index in [0.717, 1.165) is 61.1 Å². The molecule has 1 aliphatic heterocycles. The maximum Gasteiger partial charge on any atom is 0.303 e. The fourth-order valence-corrected chi connectivity index (χ4v) is 4.94. The first kappa shape index (κ1) is 23.8. The van der Waals surface area contributed by atoms with E-state index in [0.29, 0.717) is 12.5 Å². The second-order valence-corrected chi connectivity index (χ2v) is 9.08. The van der Waals surface area contributed by atoms with Crippen LogP contribution in [0.3, 0.4) is 0 Å². The first-order valence-electron chi connectivity index (χ1n) is 11.8. The van der Waals surface area contributed by atoms with E-state index in [4.69, 9.17) is 4.74 Å². The Morgan fingerprint density at radius 1 is 1.29 bits per heavy atom. The molecule has 0 aliphatic carbocycles. The fraction of sp³-hybridized carbons (Fsp3) is 0.444. The Balaban J connectivity index is 1.35. The maximum absolute atomic E-state index is 11.6. The van der Waals surface area contributed by atoms with Crippen molar-refractivity contribution < 1.29 is 14.6 Å². The SMILES string of the molecule is COc1ccc2nccc(CCC[C@@H]3CCN(CC#Cc4cncn4C)C[C@@H]3CC(=O)O)c2c1. The molecule has 1 aromatic carbocycles. The number of methoxy groups -OCH3 is 1. The van der Waals surface area contributed by atoms with Gasteiger partial charge in [-0.15, -0.1) is 0 Å². The largest absolute Gasteiger partial charge is 0.497 e. The monoisotopic (exact) mass is 460 g/mol. The zero-order valence-electron chi connectivity index (χ0n) is 19.9. The lowest BCUT2D eigenvalue weighted by molar-refractivity contribution is -0.139. The molecule has 1 saturated heterocycles. The normalized spacial score (nSPS) is 18.4. The number of carboxylic acid groups (broad SMARTS) is 1. The van der Waals surface area contributed by atoms with Crippen LogP contribution in [0.4, 0.5) is 0 Å². The van der Waals surface area contributed by atoms with Gasteiger partial charge < -0.3 is 14.4 Å². The molecular weight excluding hydrogens is 428 g/mol. The summed E-state index contributed by atoms with van der Waals surface area (Å²) >= 11 is 0. The van der Waals surface area contributed by atoms with Crippen molar-refractivity contribution in [2.75, 3.05) is 26.7 Å². The number of imidazole rings is 1. The van der Waals surface area contributed by atoms with Crippen molar-refractivity contribution in [3.05, 3.63) is 54.2 Å². The van der Waals surface area contributed by atoms with Crippen molar-refractivity contribution in [1.82, 2.24) is 19.4 Å². The number of ether oxygens (including phenoxy) is 1. The van der Waals surface area contributed by atoms with Crippen LogP contribution in [0.2, 0.25) is 0 Å². The Bertz CT molecular complexity index is 1190. The summed E-state index contributed by atoms with van der Waals surface area (Å²) in [5, 5.41) is 10.6. The number of aryl methyl sites for hydroxylation is 2. The summed E-state index contributed by atoms with van der Waals surface area (Å²) < 4.78 is 7.29. The Morgan fingerprint density at radius 3 is 2.94 bits per heavy atom. The van der Waals surface area contributed by atoms with Crippen molar-refractivity contribution in [2.24, 2.45) is 18.9 Å². The molecule has 0 saturated carbocycles. The number of nitrogens with zero attached hydrogens (tertiary/aromatic N) is 4. The standard InChI is InChI=1S/C27H32N4O3/c1-30-19-28-17-23(30)7-4-13-31-14-11-20(22(18-31)15-27(32)33)5-3-6-21-10-12-29-26-9-8-24(34-2)16-25(21)26/h8-10,12,16-17,19-20,22H,3,5-6,11,13-15,18H2,1-2H3,(H,32,33)/t20-,22+/m1/s1. The molecule has 178 valence electrons. The first-order valence-corrected chi connectivity index (χ1v) is 11.8. The van der Waals surface area contributed by atoms with Gasteiger partial charge in [-0.1, -0.05) is 5.92 Å². The van der Waals surface area contributed by atoms with E-state index >= 15 is 0 Å². The van der Waals surface area contributed by atoms with E-state index in [9.17, 15) is 9.90 Å². The minimum Gasteiger partial charge on any atom is -0.497 e. The zero-order valence-corrected chi connectivity index (χ0v) is 19.9. The lowest BCUT2D eigenvalue weighted by atomic mass is 9.80. The van der Waals surface area contributed by atoms with Gasteiger partial charge in [0.2, 0.25) is 0 Å². The van der Waals surface area contributed by atoms with Gasteiger partial charge in [0.25, 0.3) is 0 Å². The number of carboxylic acids is 1. The van der Waals surface area contributed by atoms with Gasteiger partial charge in [-0.3, -0.25) is 14.7 Å². The number of aliphatic carboxylic acids is 1. The first-order chi connectivity index (χ1) is 16.5. The molecule has 1 fully saturated rings. The van der Waals surface area contributed by atoms with E-state index in [-0.39, 0.29) is 12.3 Å². The summed E-state index contributed by atoms with van der Waals surface area (Å²) in [6, 6.07) is 8.06. The third-order valence-corrected chi connectivity index (χ3v) is 6.81. The average molecular weight is 461 g/mol. The van der Waals surface area contributed by atoms with E-state index < -0.39 is 5.97 Å². The minimum absolute atomic E-state index is 0.152. The second kappa shape index (κ2) is 11.2. The van der Waals surface area contributed by atoms with E-state index in [2.05, 4.69) is 38.8 Å². The van der Waals surface area contributed by atoms with Crippen LogP contribution in [-0.2, 0) is 18.3 Å². The number of rotatable bonds is 8. The van der Waals surface area contributed by atoms with Crippen molar-refractivity contribution in [2.45, 2.75) is 32.1 Å². The number of fused-ring (bicyclic) bond motifs is 1. The maximum atomic E-state index is 11.6. The van der Waals surface area contributed by atoms with Crippen LogP contribution in [0, 0.1) is 23.7 Å². The molecule has 0 bridgehead atoms. The van der Waals surface area contributed by atoms with Crippen molar-refractivity contribution in [3.8, 4) is 17.6 Å². The van der Waals surface area contributed by atoms with E-state index in [1.54, 1.807) is 19.6 Å². The number of hydrogen-bond donors (Lipinski definition) is 1. The highest BCUT2D eigenvalue weighted by atomic mass is 16.5. The highest BCUT2D eigenvalue weighted by molar-refractivity contribution is 5.83. The molecule has 1 aliphatic rings. The third-order valence-electron chi connectivity index (χ3n) is 6.81. The number of benzene rings is 1. The molecular formula is C27H32N4O3. The third kappa shape index (κ3) is 5.95. The van der Waals surface area contributed by atoms with Crippen LogP contribution >= 0.6 is 0 Å². The van der Waals surface area contributed by atoms with Gasteiger partial charge in [-0.2, -0.15) is 0 Å². The van der Waals surface area contributed by atoms with Crippen molar-refractivity contribution >= 4 is 16.9 Å². The van der Waals surface area contributed by atoms with Crippen LogP contribution in [-0.4, -0.2) is 57.3 Å². The van der Waals surface area contributed by atoms with Gasteiger partial charge in [0, 0.05) is 31.6 Å². The smallest absolute Gasteiger partial charge is 0.303 e. The molecule has 7 heteroatoms. The Morgan fingerprint density at radius 2 is 2.18 bits per heavy atom. The molecule has 4 rings (SSSR count). The second-order valence-electron chi connectivity index (χ2n) is 9.08. The van der Waals surface area contributed by atoms with Crippen molar-refractivity contribution in [1.29, 1.82) is 0 Å². The van der Waals surface area contributed by atoms with Crippen LogP contribution in [0.15, 0.2) is 43.0 Å². The average Bonchev–Trinajstić information content (AvgIpc) is 3.24. The summed E-state index contributed by atoms with van der Waals surface area (Å²) in [4.78, 5) is 22.4. The lowest BCUT2D eigenvalue weighted by Gasteiger charge is -2.37. The Labute approximate surface area is 200 Å². The molecule has 0 radical (unpaired) electrons. The van der Waals surface area contributed by atoms with Crippen LogP contribution in [0.25, 0.3) is 10.9 Å².